The number of nitrogens with one attached hydrogen (secondary N) is 1. The highest BCUT2D eigenvalue weighted by atomic mass is 79.9. The van der Waals surface area contributed by atoms with E-state index in [0.717, 1.165) is 30.7 Å². The lowest BCUT2D eigenvalue weighted by molar-refractivity contribution is -0.275. The van der Waals surface area contributed by atoms with E-state index in [1.54, 1.807) is 12.1 Å². The molecule has 25 heavy (non-hydrogen) atoms. The maximum absolute atomic E-state index is 12.8. The van der Waals surface area contributed by atoms with Crippen LogP contribution in [0.25, 0.3) is 0 Å². The van der Waals surface area contributed by atoms with Crippen LogP contribution in [-0.4, -0.2) is 37.4 Å². The summed E-state index contributed by atoms with van der Waals surface area (Å²) in [6, 6.07) is 4.52. The molecule has 1 aromatic carbocycles. The fourth-order valence-electron chi connectivity index (χ4n) is 3.10. The topological polar surface area (TPSA) is 24.5 Å². The van der Waals surface area contributed by atoms with E-state index in [9.17, 15) is 13.2 Å². The Hall–Kier alpha value is -0.210. The first kappa shape index (κ1) is 24.8. The number of piperazine rings is 1. The number of nitrogens with zero attached hydrogens (tertiary/aromatic N) is 1. The Labute approximate surface area is 167 Å². The molecule has 146 valence electrons. The van der Waals surface area contributed by atoms with Crippen LogP contribution in [0, 0.1) is 5.41 Å². The highest BCUT2D eigenvalue weighted by molar-refractivity contribution is 9.10. The average molecular weight is 468 g/mol. The number of alkyl halides is 3. The van der Waals surface area contributed by atoms with Crippen LogP contribution in [0.4, 0.5) is 13.2 Å². The second-order valence-corrected chi connectivity index (χ2v) is 7.70. The van der Waals surface area contributed by atoms with Crippen LogP contribution in [0.3, 0.4) is 0 Å². The van der Waals surface area contributed by atoms with Crippen LogP contribution in [0.15, 0.2) is 22.7 Å². The minimum absolute atomic E-state index is 0. The van der Waals surface area contributed by atoms with Gasteiger partial charge in [-0.15, -0.1) is 38.0 Å². The van der Waals surface area contributed by atoms with Crippen LogP contribution < -0.4 is 10.1 Å². The molecule has 1 heterocycles. The molecule has 1 aliphatic heterocycles. The third-order valence-electron chi connectivity index (χ3n) is 3.83. The van der Waals surface area contributed by atoms with Crippen LogP contribution in [-0.2, 0) is 0 Å². The summed E-state index contributed by atoms with van der Waals surface area (Å²) in [6.45, 7) is 9.36. The van der Waals surface area contributed by atoms with Crippen molar-refractivity contribution >= 4 is 40.7 Å². The van der Waals surface area contributed by atoms with Crippen molar-refractivity contribution < 1.29 is 17.9 Å². The van der Waals surface area contributed by atoms with Crippen LogP contribution in [0.1, 0.15) is 32.4 Å². The normalized spacial score (nSPS) is 17.2. The highest BCUT2D eigenvalue weighted by Gasteiger charge is 2.38. The molecule has 2 rings (SSSR count). The molecular formula is C16H24BrCl2F3N2O. The van der Waals surface area contributed by atoms with Gasteiger partial charge in [0.1, 0.15) is 5.75 Å². The number of halogens is 6. The molecule has 0 radical (unpaired) electrons. The van der Waals surface area contributed by atoms with E-state index in [0.29, 0.717) is 5.56 Å². The lowest BCUT2D eigenvalue weighted by Crippen LogP contribution is -2.48. The summed E-state index contributed by atoms with van der Waals surface area (Å²) >= 11 is 3.37. The summed E-state index contributed by atoms with van der Waals surface area (Å²) in [7, 11) is 0. The van der Waals surface area contributed by atoms with Gasteiger partial charge in [0.05, 0.1) is 0 Å². The van der Waals surface area contributed by atoms with Crippen molar-refractivity contribution in [1.29, 1.82) is 0 Å². The molecule has 1 aliphatic rings. The van der Waals surface area contributed by atoms with Gasteiger partial charge >= 0.3 is 6.36 Å². The predicted octanol–water partition coefficient (Wildman–Crippen LogP) is 5.18. The molecule has 9 heteroatoms. The molecule has 1 saturated heterocycles. The van der Waals surface area contributed by atoms with Crippen LogP contribution >= 0.6 is 40.7 Å². The minimum atomic E-state index is -4.70. The van der Waals surface area contributed by atoms with Crippen molar-refractivity contribution in [3.05, 3.63) is 28.2 Å². The Morgan fingerprint density at radius 1 is 1.12 bits per heavy atom. The first-order chi connectivity index (χ1) is 10.6. The molecule has 0 spiro atoms. The minimum Gasteiger partial charge on any atom is -0.405 e. The first-order valence-corrected chi connectivity index (χ1v) is 8.37. The quantitative estimate of drug-likeness (QED) is 0.662. The summed E-state index contributed by atoms with van der Waals surface area (Å²) < 4.78 is 43.3. The molecule has 0 saturated carbocycles. The molecule has 0 aromatic heterocycles. The van der Waals surface area contributed by atoms with Gasteiger partial charge in [-0.1, -0.05) is 36.7 Å². The van der Waals surface area contributed by atoms with Gasteiger partial charge in [-0.2, -0.15) is 0 Å². The molecule has 1 aromatic rings. The summed E-state index contributed by atoms with van der Waals surface area (Å²) in [5.41, 5.74) is 0.327. The standard InChI is InChI=1S/C16H22BrF3N2O.2ClH/c1-15(2,3)14(22-8-6-21-7-9-22)12-10-11(17)4-5-13(12)23-16(18,19)20;;/h4-5,10,14,21H,6-9H2,1-3H3;2*1H/t14-;;/m0../s1. The first-order valence-electron chi connectivity index (χ1n) is 7.58. The molecule has 0 amide bonds. The van der Waals surface area contributed by atoms with Gasteiger partial charge in [-0.3, -0.25) is 4.90 Å². The van der Waals surface area contributed by atoms with Gasteiger partial charge < -0.3 is 10.1 Å². The zero-order valence-electron chi connectivity index (χ0n) is 14.3. The Kier molecular flexibility index (Phi) is 9.57. The summed E-state index contributed by atoms with van der Waals surface area (Å²) in [4.78, 5) is 2.22. The second kappa shape index (κ2) is 9.65. The fourth-order valence-corrected chi connectivity index (χ4v) is 3.48. The molecule has 1 fully saturated rings. The van der Waals surface area contributed by atoms with E-state index in [1.165, 1.54) is 6.07 Å². The zero-order chi connectivity index (χ0) is 17.3. The predicted molar refractivity (Wildman–Crippen MR) is 102 cm³/mol. The van der Waals surface area contributed by atoms with Crippen molar-refractivity contribution in [2.45, 2.75) is 33.2 Å². The fraction of sp³-hybridized carbons (Fsp3) is 0.625. The number of benzene rings is 1. The van der Waals surface area contributed by atoms with Crippen LogP contribution in [0.5, 0.6) is 5.75 Å². The number of ether oxygens (including phenoxy) is 1. The van der Waals surface area contributed by atoms with Gasteiger partial charge in [-0.25, -0.2) is 0 Å². The Balaban J connectivity index is 0.00000288. The Morgan fingerprint density at radius 3 is 2.16 bits per heavy atom. The van der Waals surface area contributed by atoms with Gasteiger partial charge in [-0.05, 0) is 23.6 Å². The van der Waals surface area contributed by atoms with Crippen LogP contribution in [0.2, 0.25) is 0 Å². The summed E-state index contributed by atoms with van der Waals surface area (Å²) in [5.74, 6) is -0.126. The number of hydrogen-bond acceptors (Lipinski definition) is 3. The molecular weight excluding hydrogens is 444 g/mol. The zero-order valence-corrected chi connectivity index (χ0v) is 17.5. The van der Waals surface area contributed by atoms with E-state index in [4.69, 9.17) is 0 Å². The molecule has 1 atom stereocenters. The Bertz CT molecular complexity index is 547. The molecule has 0 unspecified atom stereocenters. The maximum atomic E-state index is 12.8. The second-order valence-electron chi connectivity index (χ2n) is 6.78. The third kappa shape index (κ3) is 7.13. The summed E-state index contributed by atoms with van der Waals surface area (Å²) in [5, 5.41) is 3.27. The van der Waals surface area contributed by atoms with Gasteiger partial charge in [0.25, 0.3) is 0 Å². The lowest BCUT2D eigenvalue weighted by Gasteiger charge is -2.43. The smallest absolute Gasteiger partial charge is 0.405 e. The van der Waals surface area contributed by atoms with Crippen molar-refractivity contribution in [2.24, 2.45) is 5.41 Å². The SMILES string of the molecule is CC(C)(C)[C@H](c1cc(Br)ccc1OC(F)(F)F)N1CCNCC1.Cl.Cl. The summed E-state index contributed by atoms with van der Waals surface area (Å²) in [6.07, 6.45) is -4.70. The van der Waals surface area contributed by atoms with Crippen molar-refractivity contribution in [2.75, 3.05) is 26.2 Å². The average Bonchev–Trinajstić information content (AvgIpc) is 2.40. The van der Waals surface area contributed by atoms with E-state index in [-0.39, 0.29) is 42.0 Å². The largest absolute Gasteiger partial charge is 0.573 e. The number of rotatable bonds is 3. The maximum Gasteiger partial charge on any atom is 0.573 e. The van der Waals surface area contributed by atoms with Crippen molar-refractivity contribution in [3.8, 4) is 5.75 Å². The lowest BCUT2D eigenvalue weighted by atomic mass is 9.80. The Morgan fingerprint density at radius 2 is 1.68 bits per heavy atom. The number of hydrogen-bond donors (Lipinski definition) is 1. The van der Waals surface area contributed by atoms with Crippen molar-refractivity contribution in [3.63, 3.8) is 0 Å². The molecule has 0 aliphatic carbocycles. The van der Waals surface area contributed by atoms with E-state index < -0.39 is 6.36 Å². The van der Waals surface area contributed by atoms with E-state index >= 15 is 0 Å². The molecule has 1 N–H and O–H groups in total. The van der Waals surface area contributed by atoms with Gasteiger partial charge in [0, 0.05) is 42.3 Å². The van der Waals surface area contributed by atoms with E-state index in [2.05, 4.69) is 30.9 Å². The van der Waals surface area contributed by atoms with Crippen molar-refractivity contribution in [1.82, 2.24) is 10.2 Å². The third-order valence-corrected chi connectivity index (χ3v) is 4.32. The highest BCUT2D eigenvalue weighted by Crippen LogP contribution is 2.44. The molecule has 0 bridgehead atoms. The molecule has 3 nitrogen and oxygen atoms in total. The van der Waals surface area contributed by atoms with E-state index in [1.807, 2.05) is 20.8 Å². The monoisotopic (exact) mass is 466 g/mol. The van der Waals surface area contributed by atoms with Gasteiger partial charge in [0.2, 0.25) is 0 Å². The van der Waals surface area contributed by atoms with Gasteiger partial charge in [0.15, 0.2) is 0 Å².